The predicted octanol–water partition coefficient (Wildman–Crippen LogP) is 3.24. The Morgan fingerprint density at radius 3 is 2.44 bits per heavy atom. The van der Waals surface area contributed by atoms with Crippen LogP contribution in [0.15, 0.2) is 11.8 Å². The second-order valence-electron chi connectivity index (χ2n) is 6.31. The fourth-order valence-corrected chi connectivity index (χ4v) is 2.88. The Kier molecular flexibility index (Phi) is 3.81. The first-order valence-electron chi connectivity index (χ1n) is 6.90. The first-order valence-corrected chi connectivity index (χ1v) is 6.90. The van der Waals surface area contributed by atoms with Crippen LogP contribution in [0.25, 0.3) is 0 Å². The van der Waals surface area contributed by atoms with E-state index in [1.54, 1.807) is 13.4 Å². The van der Waals surface area contributed by atoms with E-state index < -0.39 is 5.60 Å². The fourth-order valence-electron chi connectivity index (χ4n) is 2.88. The van der Waals surface area contributed by atoms with Crippen LogP contribution in [-0.2, 0) is 14.3 Å². The van der Waals surface area contributed by atoms with Crippen molar-refractivity contribution in [2.45, 2.75) is 58.0 Å². The summed E-state index contributed by atoms with van der Waals surface area (Å²) in [5.74, 6) is 0.153. The number of hydrogen-bond acceptors (Lipinski definition) is 3. The third kappa shape index (κ3) is 2.61. The summed E-state index contributed by atoms with van der Waals surface area (Å²) in [6.45, 7) is 5.25. The molecule has 1 heterocycles. The van der Waals surface area contributed by atoms with Gasteiger partial charge in [-0.2, -0.15) is 0 Å². The Balaban J connectivity index is 2.13. The number of carbonyl (C=O) groups excluding carboxylic acids is 1. The van der Waals surface area contributed by atoms with E-state index in [4.69, 9.17) is 9.47 Å². The number of rotatable bonds is 3. The highest BCUT2D eigenvalue weighted by atomic mass is 16.5. The Bertz CT molecular complexity index is 345. The van der Waals surface area contributed by atoms with E-state index in [1.807, 2.05) is 0 Å². The molecule has 0 aromatic heterocycles. The molecule has 3 nitrogen and oxygen atoms in total. The number of ketones is 1. The topological polar surface area (TPSA) is 35.5 Å². The lowest BCUT2D eigenvalue weighted by Crippen LogP contribution is -2.46. The number of ether oxygens (including phenoxy) is 2. The van der Waals surface area contributed by atoms with Gasteiger partial charge in [-0.25, -0.2) is 0 Å². The minimum absolute atomic E-state index is 0.153. The zero-order valence-electron chi connectivity index (χ0n) is 11.8. The molecule has 2 rings (SSSR count). The number of hydrogen-bond donors (Lipinski definition) is 0. The van der Waals surface area contributed by atoms with Crippen LogP contribution in [0.1, 0.15) is 52.4 Å². The quantitative estimate of drug-likeness (QED) is 0.773. The van der Waals surface area contributed by atoms with Crippen molar-refractivity contribution < 1.29 is 14.3 Å². The third-order valence-electron chi connectivity index (χ3n) is 4.44. The molecule has 1 aliphatic carbocycles. The zero-order valence-corrected chi connectivity index (χ0v) is 11.8. The molecule has 2 aliphatic rings. The van der Waals surface area contributed by atoms with Crippen molar-refractivity contribution in [3.8, 4) is 0 Å². The van der Waals surface area contributed by atoms with Crippen molar-refractivity contribution in [3.05, 3.63) is 11.8 Å². The minimum atomic E-state index is -0.595. The van der Waals surface area contributed by atoms with E-state index in [0.29, 0.717) is 5.41 Å². The van der Waals surface area contributed by atoms with Crippen molar-refractivity contribution in [3.63, 3.8) is 0 Å². The lowest BCUT2D eigenvalue weighted by molar-refractivity contribution is -0.144. The van der Waals surface area contributed by atoms with Crippen molar-refractivity contribution >= 4 is 5.78 Å². The number of methoxy groups -OCH3 is 1. The molecule has 3 heteroatoms. The molecule has 0 amide bonds. The minimum Gasteiger partial charge on any atom is -0.501 e. The van der Waals surface area contributed by atoms with E-state index in [0.717, 1.165) is 50.7 Å². The Labute approximate surface area is 110 Å². The van der Waals surface area contributed by atoms with Crippen LogP contribution >= 0.6 is 0 Å². The SMILES string of the molecule is COC1(C(=O)C2=COCCC2)CCC(C)(C)CC1. The summed E-state index contributed by atoms with van der Waals surface area (Å²) in [4.78, 5) is 12.6. The van der Waals surface area contributed by atoms with Gasteiger partial charge in [0.15, 0.2) is 5.78 Å². The zero-order chi connectivity index (χ0) is 13.2. The Hall–Kier alpha value is -0.830. The summed E-state index contributed by atoms with van der Waals surface area (Å²) in [6, 6.07) is 0. The molecule has 0 spiro atoms. The van der Waals surface area contributed by atoms with Crippen molar-refractivity contribution in [1.29, 1.82) is 0 Å². The molecular weight excluding hydrogens is 228 g/mol. The Morgan fingerprint density at radius 2 is 1.94 bits per heavy atom. The van der Waals surface area contributed by atoms with Gasteiger partial charge < -0.3 is 9.47 Å². The van der Waals surface area contributed by atoms with E-state index in [-0.39, 0.29) is 5.78 Å². The van der Waals surface area contributed by atoms with E-state index in [1.165, 1.54) is 0 Å². The van der Waals surface area contributed by atoms with Crippen molar-refractivity contribution in [1.82, 2.24) is 0 Å². The fraction of sp³-hybridized carbons (Fsp3) is 0.800. The maximum absolute atomic E-state index is 12.6. The van der Waals surface area contributed by atoms with Gasteiger partial charge in [0.25, 0.3) is 0 Å². The molecule has 1 fully saturated rings. The predicted molar refractivity (Wildman–Crippen MR) is 70.3 cm³/mol. The van der Waals surface area contributed by atoms with Gasteiger partial charge in [-0.3, -0.25) is 4.79 Å². The smallest absolute Gasteiger partial charge is 0.193 e. The summed E-state index contributed by atoms with van der Waals surface area (Å²) >= 11 is 0. The monoisotopic (exact) mass is 252 g/mol. The summed E-state index contributed by atoms with van der Waals surface area (Å²) < 4.78 is 10.9. The number of carbonyl (C=O) groups is 1. The highest BCUT2D eigenvalue weighted by Crippen LogP contribution is 2.43. The summed E-state index contributed by atoms with van der Waals surface area (Å²) in [6.07, 6.45) is 7.14. The van der Waals surface area contributed by atoms with Gasteiger partial charge in [0, 0.05) is 12.7 Å². The van der Waals surface area contributed by atoms with E-state index >= 15 is 0 Å². The first-order chi connectivity index (χ1) is 8.49. The summed E-state index contributed by atoms with van der Waals surface area (Å²) in [5.41, 5.74) is 0.546. The molecule has 0 radical (unpaired) electrons. The lowest BCUT2D eigenvalue weighted by Gasteiger charge is -2.42. The standard InChI is InChI=1S/C15H24O3/c1-14(2)6-8-15(17-3,9-7-14)13(16)12-5-4-10-18-11-12/h11H,4-10H2,1-3H3. The Morgan fingerprint density at radius 1 is 1.28 bits per heavy atom. The van der Waals surface area contributed by atoms with Crippen molar-refractivity contribution in [2.75, 3.05) is 13.7 Å². The van der Waals surface area contributed by atoms with Gasteiger partial charge >= 0.3 is 0 Å². The molecular formula is C15H24O3. The van der Waals surface area contributed by atoms with Gasteiger partial charge in [-0.1, -0.05) is 13.8 Å². The highest BCUT2D eigenvalue weighted by molar-refractivity contribution is 6.01. The third-order valence-corrected chi connectivity index (χ3v) is 4.44. The summed E-state index contributed by atoms with van der Waals surface area (Å²) in [7, 11) is 1.67. The number of Topliss-reactive ketones (excluding diaryl/α,β-unsaturated/α-hetero) is 1. The van der Waals surface area contributed by atoms with Gasteiger partial charge in [-0.05, 0) is 43.9 Å². The second-order valence-corrected chi connectivity index (χ2v) is 6.31. The largest absolute Gasteiger partial charge is 0.501 e. The normalized spacial score (nSPS) is 26.1. The van der Waals surface area contributed by atoms with Crippen LogP contribution in [0.2, 0.25) is 0 Å². The molecule has 1 aliphatic heterocycles. The van der Waals surface area contributed by atoms with Crippen LogP contribution in [0.4, 0.5) is 0 Å². The van der Waals surface area contributed by atoms with Crippen LogP contribution in [0, 0.1) is 5.41 Å². The highest BCUT2D eigenvalue weighted by Gasteiger charge is 2.45. The van der Waals surface area contributed by atoms with Gasteiger partial charge in [0.2, 0.25) is 0 Å². The molecule has 102 valence electrons. The van der Waals surface area contributed by atoms with Crippen LogP contribution in [0.5, 0.6) is 0 Å². The molecule has 1 saturated carbocycles. The van der Waals surface area contributed by atoms with Gasteiger partial charge in [0.05, 0.1) is 12.9 Å². The second kappa shape index (κ2) is 5.04. The molecule has 0 atom stereocenters. The van der Waals surface area contributed by atoms with Crippen LogP contribution < -0.4 is 0 Å². The molecule has 0 saturated heterocycles. The maximum atomic E-state index is 12.6. The van der Waals surface area contributed by atoms with Crippen LogP contribution in [0.3, 0.4) is 0 Å². The van der Waals surface area contributed by atoms with Gasteiger partial charge in [-0.15, -0.1) is 0 Å². The van der Waals surface area contributed by atoms with E-state index in [2.05, 4.69) is 13.8 Å². The van der Waals surface area contributed by atoms with Crippen LogP contribution in [-0.4, -0.2) is 25.1 Å². The average molecular weight is 252 g/mol. The molecule has 18 heavy (non-hydrogen) atoms. The summed E-state index contributed by atoms with van der Waals surface area (Å²) in [5, 5.41) is 0. The lowest BCUT2D eigenvalue weighted by atomic mass is 9.68. The average Bonchev–Trinajstić information content (AvgIpc) is 2.40. The molecule has 0 N–H and O–H groups in total. The van der Waals surface area contributed by atoms with Gasteiger partial charge in [0.1, 0.15) is 5.60 Å². The molecule has 0 aromatic rings. The maximum Gasteiger partial charge on any atom is 0.193 e. The molecule has 0 unspecified atom stereocenters. The molecule has 0 aromatic carbocycles. The van der Waals surface area contributed by atoms with Crippen molar-refractivity contribution in [2.24, 2.45) is 5.41 Å². The van der Waals surface area contributed by atoms with E-state index in [9.17, 15) is 4.79 Å². The molecule has 0 bridgehead atoms. The first kappa shape index (κ1) is 13.6.